The first-order chi connectivity index (χ1) is 14.0. The van der Waals surface area contributed by atoms with Crippen molar-refractivity contribution in [3.05, 3.63) is 102 Å². The van der Waals surface area contributed by atoms with Crippen molar-refractivity contribution in [2.45, 2.75) is 25.4 Å². The van der Waals surface area contributed by atoms with Gasteiger partial charge in [0.25, 0.3) is 5.91 Å². The SMILES string of the molecule is C[C@H](OC(=O)CC(c1ccccc1)c1ccccc1)C(=O)Nc1ccc(F)cc1. The summed E-state index contributed by atoms with van der Waals surface area (Å²) in [6.07, 6.45) is -0.859. The van der Waals surface area contributed by atoms with Crippen molar-refractivity contribution in [3.63, 3.8) is 0 Å². The van der Waals surface area contributed by atoms with Crippen molar-refractivity contribution < 1.29 is 18.7 Å². The van der Waals surface area contributed by atoms with Gasteiger partial charge in [-0.1, -0.05) is 60.7 Å². The molecule has 3 rings (SSSR count). The third-order valence-electron chi connectivity index (χ3n) is 4.56. The minimum atomic E-state index is -0.972. The highest BCUT2D eigenvalue weighted by Gasteiger charge is 2.23. The number of hydrogen-bond donors (Lipinski definition) is 1. The second kappa shape index (κ2) is 9.64. The molecular weight excluding hydrogens is 369 g/mol. The number of carbonyl (C=O) groups excluding carboxylic acids is 2. The van der Waals surface area contributed by atoms with Crippen LogP contribution in [0, 0.1) is 5.82 Å². The van der Waals surface area contributed by atoms with Gasteiger partial charge in [0, 0.05) is 11.6 Å². The largest absolute Gasteiger partial charge is 0.453 e. The van der Waals surface area contributed by atoms with E-state index in [0.29, 0.717) is 5.69 Å². The Balaban J connectivity index is 1.65. The standard InChI is InChI=1S/C24H22FNO3/c1-17(24(28)26-21-14-12-20(25)13-15-21)29-23(27)16-22(18-8-4-2-5-9-18)19-10-6-3-7-11-19/h2-15,17,22H,16H2,1H3,(H,26,28)/t17-/m0/s1. The van der Waals surface area contributed by atoms with E-state index >= 15 is 0 Å². The molecule has 0 bridgehead atoms. The van der Waals surface area contributed by atoms with Crippen LogP contribution in [0.15, 0.2) is 84.9 Å². The van der Waals surface area contributed by atoms with Gasteiger partial charge in [-0.25, -0.2) is 4.39 Å². The maximum absolute atomic E-state index is 13.0. The number of benzene rings is 3. The average molecular weight is 391 g/mol. The van der Waals surface area contributed by atoms with E-state index in [0.717, 1.165) is 11.1 Å². The normalized spacial score (nSPS) is 11.7. The molecule has 3 aromatic carbocycles. The summed E-state index contributed by atoms with van der Waals surface area (Å²) in [5.74, 6) is -1.50. The van der Waals surface area contributed by atoms with E-state index in [1.807, 2.05) is 60.7 Å². The van der Waals surface area contributed by atoms with Crippen molar-refractivity contribution in [1.82, 2.24) is 0 Å². The third kappa shape index (κ3) is 5.75. The molecule has 0 aliphatic heterocycles. The van der Waals surface area contributed by atoms with Crippen LogP contribution in [0.2, 0.25) is 0 Å². The summed E-state index contributed by atoms with van der Waals surface area (Å²) in [6.45, 7) is 1.51. The minimum Gasteiger partial charge on any atom is -0.453 e. The predicted octanol–water partition coefficient (Wildman–Crippen LogP) is 4.92. The molecule has 0 aromatic heterocycles. The van der Waals surface area contributed by atoms with Crippen molar-refractivity contribution in [1.29, 1.82) is 0 Å². The molecule has 0 unspecified atom stereocenters. The Morgan fingerprint density at radius 3 is 1.90 bits per heavy atom. The molecule has 5 heteroatoms. The zero-order chi connectivity index (χ0) is 20.6. The number of amides is 1. The minimum absolute atomic E-state index is 0.113. The first-order valence-electron chi connectivity index (χ1n) is 9.38. The highest BCUT2D eigenvalue weighted by molar-refractivity contribution is 5.95. The quantitative estimate of drug-likeness (QED) is 0.582. The summed E-state index contributed by atoms with van der Waals surface area (Å²) in [7, 11) is 0. The van der Waals surface area contributed by atoms with Crippen LogP contribution in [0.1, 0.15) is 30.4 Å². The molecule has 1 amide bonds. The van der Waals surface area contributed by atoms with E-state index in [4.69, 9.17) is 4.74 Å². The molecule has 0 saturated carbocycles. The molecule has 148 valence electrons. The van der Waals surface area contributed by atoms with Gasteiger partial charge in [-0.3, -0.25) is 9.59 Å². The molecule has 0 radical (unpaired) electrons. The van der Waals surface area contributed by atoms with Crippen LogP contribution in [0.25, 0.3) is 0 Å². The summed E-state index contributed by atoms with van der Waals surface area (Å²) in [5.41, 5.74) is 2.43. The van der Waals surface area contributed by atoms with Crippen molar-refractivity contribution >= 4 is 17.6 Å². The Bertz CT molecular complexity index is 903. The maximum atomic E-state index is 13.0. The lowest BCUT2D eigenvalue weighted by atomic mass is 9.88. The molecule has 0 saturated heterocycles. The van der Waals surface area contributed by atoms with Gasteiger partial charge in [0.1, 0.15) is 5.82 Å². The zero-order valence-electron chi connectivity index (χ0n) is 16.0. The highest BCUT2D eigenvalue weighted by Crippen LogP contribution is 2.28. The zero-order valence-corrected chi connectivity index (χ0v) is 16.0. The Kier molecular flexibility index (Phi) is 6.74. The molecule has 0 aliphatic rings. The van der Waals surface area contributed by atoms with Gasteiger partial charge >= 0.3 is 5.97 Å². The highest BCUT2D eigenvalue weighted by atomic mass is 19.1. The van der Waals surface area contributed by atoms with Crippen LogP contribution in [-0.4, -0.2) is 18.0 Å². The van der Waals surface area contributed by atoms with Crippen molar-refractivity contribution in [2.75, 3.05) is 5.32 Å². The van der Waals surface area contributed by atoms with E-state index in [9.17, 15) is 14.0 Å². The van der Waals surface area contributed by atoms with E-state index in [1.165, 1.54) is 31.2 Å². The van der Waals surface area contributed by atoms with Crippen LogP contribution in [0.4, 0.5) is 10.1 Å². The van der Waals surface area contributed by atoms with Gasteiger partial charge in [0.15, 0.2) is 6.10 Å². The first kappa shape index (κ1) is 20.3. The van der Waals surface area contributed by atoms with E-state index < -0.39 is 23.8 Å². The molecule has 1 N–H and O–H groups in total. The monoisotopic (exact) mass is 391 g/mol. The fraction of sp³-hybridized carbons (Fsp3) is 0.167. The number of nitrogens with one attached hydrogen (secondary N) is 1. The number of halogens is 1. The van der Waals surface area contributed by atoms with E-state index in [-0.39, 0.29) is 12.3 Å². The van der Waals surface area contributed by atoms with Gasteiger partial charge in [-0.05, 0) is 42.3 Å². The second-order valence-electron chi connectivity index (χ2n) is 6.71. The lowest BCUT2D eigenvalue weighted by Gasteiger charge is -2.19. The van der Waals surface area contributed by atoms with Gasteiger partial charge in [0.2, 0.25) is 0 Å². The van der Waals surface area contributed by atoms with Gasteiger partial charge in [-0.15, -0.1) is 0 Å². The molecule has 0 spiro atoms. The van der Waals surface area contributed by atoms with Crippen LogP contribution in [0.3, 0.4) is 0 Å². The summed E-state index contributed by atoms with van der Waals surface area (Å²) >= 11 is 0. The topological polar surface area (TPSA) is 55.4 Å². The molecular formula is C24H22FNO3. The number of hydrogen-bond acceptors (Lipinski definition) is 3. The number of carbonyl (C=O) groups is 2. The van der Waals surface area contributed by atoms with Crippen molar-refractivity contribution in [3.8, 4) is 0 Å². The number of ether oxygens (including phenoxy) is 1. The predicted molar refractivity (Wildman–Crippen MR) is 110 cm³/mol. The Hall–Kier alpha value is -3.47. The Morgan fingerprint density at radius 2 is 1.38 bits per heavy atom. The number of esters is 1. The van der Waals surface area contributed by atoms with E-state index in [2.05, 4.69) is 5.32 Å². The van der Waals surface area contributed by atoms with Gasteiger partial charge in [0.05, 0.1) is 6.42 Å². The lowest BCUT2D eigenvalue weighted by Crippen LogP contribution is -2.30. The van der Waals surface area contributed by atoms with Crippen molar-refractivity contribution in [2.24, 2.45) is 0 Å². The summed E-state index contributed by atoms with van der Waals surface area (Å²) in [5, 5.41) is 2.61. The van der Waals surface area contributed by atoms with Gasteiger partial charge in [-0.2, -0.15) is 0 Å². The third-order valence-corrected chi connectivity index (χ3v) is 4.56. The summed E-state index contributed by atoms with van der Waals surface area (Å²) < 4.78 is 18.3. The Morgan fingerprint density at radius 1 is 0.862 bits per heavy atom. The Labute approximate surface area is 169 Å². The van der Waals surface area contributed by atoms with E-state index in [1.54, 1.807) is 0 Å². The second-order valence-corrected chi connectivity index (χ2v) is 6.71. The smallest absolute Gasteiger partial charge is 0.307 e. The molecule has 0 fully saturated rings. The number of anilines is 1. The average Bonchev–Trinajstić information content (AvgIpc) is 2.75. The summed E-state index contributed by atoms with van der Waals surface area (Å²) in [4.78, 5) is 24.8. The lowest BCUT2D eigenvalue weighted by molar-refractivity contribution is -0.153. The van der Waals surface area contributed by atoms with Crippen LogP contribution in [0.5, 0.6) is 0 Å². The van der Waals surface area contributed by atoms with Crippen LogP contribution in [-0.2, 0) is 14.3 Å². The molecule has 3 aromatic rings. The van der Waals surface area contributed by atoms with Crippen LogP contribution < -0.4 is 5.32 Å². The van der Waals surface area contributed by atoms with Crippen LogP contribution >= 0.6 is 0 Å². The van der Waals surface area contributed by atoms with Gasteiger partial charge < -0.3 is 10.1 Å². The molecule has 4 nitrogen and oxygen atoms in total. The fourth-order valence-electron chi connectivity index (χ4n) is 3.04. The fourth-order valence-corrected chi connectivity index (χ4v) is 3.04. The molecule has 1 atom stereocenters. The molecule has 0 aliphatic carbocycles. The molecule has 29 heavy (non-hydrogen) atoms. The first-order valence-corrected chi connectivity index (χ1v) is 9.38. The molecule has 0 heterocycles. The number of rotatable bonds is 7. The summed E-state index contributed by atoms with van der Waals surface area (Å²) in [6, 6.07) is 24.8. The maximum Gasteiger partial charge on any atom is 0.307 e.